The topological polar surface area (TPSA) is 56.1 Å². The number of nitrogens with zero attached hydrogens (tertiary/aromatic N) is 3. The predicted octanol–water partition coefficient (Wildman–Crippen LogP) is 6.29. The van der Waals surface area contributed by atoms with Gasteiger partial charge in [0.05, 0.1) is 6.04 Å². The number of benzene rings is 3. The summed E-state index contributed by atoms with van der Waals surface area (Å²) >= 11 is 0. The van der Waals surface area contributed by atoms with E-state index in [-0.39, 0.29) is 6.04 Å². The monoisotopic (exact) mass is 505 g/mol. The lowest BCUT2D eigenvalue weighted by Crippen LogP contribution is -2.43. The normalized spacial score (nSPS) is 22.7. The van der Waals surface area contributed by atoms with E-state index in [2.05, 4.69) is 77.7 Å². The van der Waals surface area contributed by atoms with E-state index < -0.39 is 5.97 Å². The van der Waals surface area contributed by atoms with E-state index in [0.717, 1.165) is 24.4 Å². The average Bonchev–Trinajstić information content (AvgIpc) is 3.63. The van der Waals surface area contributed by atoms with Crippen LogP contribution < -0.4 is 4.90 Å². The van der Waals surface area contributed by atoms with Crippen molar-refractivity contribution in [3.63, 3.8) is 0 Å². The minimum Gasteiger partial charge on any atom is -0.478 e. The molecule has 3 aromatic rings. The summed E-state index contributed by atoms with van der Waals surface area (Å²) in [6, 6.07) is 24.9. The van der Waals surface area contributed by atoms with Gasteiger partial charge in [-0.25, -0.2) is 4.79 Å². The van der Waals surface area contributed by atoms with Crippen molar-refractivity contribution in [3.05, 3.63) is 106 Å². The molecular formula is C33H35N3O2. The highest BCUT2D eigenvalue weighted by Crippen LogP contribution is 2.42. The Bertz CT molecular complexity index is 1370. The molecule has 2 heterocycles. The van der Waals surface area contributed by atoms with Gasteiger partial charge in [0.1, 0.15) is 0 Å². The van der Waals surface area contributed by atoms with Crippen LogP contribution in [0.25, 0.3) is 6.08 Å². The van der Waals surface area contributed by atoms with Crippen molar-refractivity contribution in [3.8, 4) is 0 Å². The van der Waals surface area contributed by atoms with Gasteiger partial charge in [-0.2, -0.15) is 5.10 Å². The van der Waals surface area contributed by atoms with Crippen LogP contribution in [0.3, 0.4) is 0 Å². The van der Waals surface area contributed by atoms with Gasteiger partial charge in [-0.05, 0) is 90.1 Å². The first-order valence-corrected chi connectivity index (χ1v) is 13.7. The summed E-state index contributed by atoms with van der Waals surface area (Å²) in [4.78, 5) is 13.5. The Morgan fingerprint density at radius 3 is 2.42 bits per heavy atom. The second-order valence-corrected chi connectivity index (χ2v) is 11.2. The molecule has 194 valence electrons. The number of hydrazone groups is 1. The molecule has 0 amide bonds. The summed E-state index contributed by atoms with van der Waals surface area (Å²) in [5.74, 6) is 0.271. The van der Waals surface area contributed by atoms with E-state index in [4.69, 9.17) is 5.11 Å². The second-order valence-electron chi connectivity index (χ2n) is 11.2. The fraction of sp³-hybridized carbons (Fsp3) is 0.333. The van der Waals surface area contributed by atoms with Crippen molar-refractivity contribution in [2.75, 3.05) is 18.5 Å². The number of anilines is 1. The zero-order chi connectivity index (χ0) is 26.2. The zero-order valence-corrected chi connectivity index (χ0v) is 22.1. The van der Waals surface area contributed by atoms with Crippen LogP contribution in [0.4, 0.5) is 5.69 Å². The van der Waals surface area contributed by atoms with E-state index >= 15 is 0 Å². The molecule has 6 rings (SSSR count). The quantitative estimate of drug-likeness (QED) is 0.383. The molecule has 0 bridgehead atoms. The van der Waals surface area contributed by atoms with E-state index in [1.807, 2.05) is 24.2 Å². The SMILES string of the molecule is CC1Cc2cc(C3C=NN(C)C3)ccc2C(c2ccc(/C=C/C(=O)O)cc2)N1c1ccc(CC2CC2)cc1. The van der Waals surface area contributed by atoms with Gasteiger partial charge < -0.3 is 10.0 Å². The lowest BCUT2D eigenvalue weighted by Gasteiger charge is -2.44. The molecule has 1 fully saturated rings. The Morgan fingerprint density at radius 1 is 1.03 bits per heavy atom. The van der Waals surface area contributed by atoms with Crippen LogP contribution in [-0.2, 0) is 17.6 Å². The number of aliphatic carboxylic acids is 1. The fourth-order valence-corrected chi connectivity index (χ4v) is 6.05. The maximum atomic E-state index is 11.0. The summed E-state index contributed by atoms with van der Waals surface area (Å²) in [5, 5.41) is 15.5. The van der Waals surface area contributed by atoms with Crippen molar-refractivity contribution in [2.24, 2.45) is 11.0 Å². The number of rotatable bonds is 7. The third kappa shape index (κ3) is 5.10. The van der Waals surface area contributed by atoms with Crippen molar-refractivity contribution in [2.45, 2.75) is 50.6 Å². The molecule has 2 aliphatic heterocycles. The van der Waals surface area contributed by atoms with Gasteiger partial charge in [0, 0.05) is 43.5 Å². The summed E-state index contributed by atoms with van der Waals surface area (Å²) in [6.07, 6.45) is 9.81. The largest absolute Gasteiger partial charge is 0.478 e. The first-order valence-electron chi connectivity index (χ1n) is 13.7. The van der Waals surface area contributed by atoms with E-state index in [1.165, 1.54) is 58.8 Å². The molecule has 3 aliphatic rings. The highest BCUT2D eigenvalue weighted by molar-refractivity contribution is 5.85. The molecule has 1 saturated carbocycles. The third-order valence-corrected chi connectivity index (χ3v) is 8.19. The van der Waals surface area contributed by atoms with Crippen LogP contribution in [0.5, 0.6) is 0 Å². The Kier molecular flexibility index (Phi) is 6.52. The summed E-state index contributed by atoms with van der Waals surface area (Å²) < 4.78 is 0. The molecular weight excluding hydrogens is 470 g/mol. The molecule has 3 aromatic carbocycles. The molecule has 1 aliphatic carbocycles. The molecule has 0 aromatic heterocycles. The van der Waals surface area contributed by atoms with Gasteiger partial charge >= 0.3 is 5.97 Å². The Labute approximate surface area is 225 Å². The van der Waals surface area contributed by atoms with Crippen LogP contribution in [-0.4, -0.2) is 41.9 Å². The summed E-state index contributed by atoms with van der Waals surface area (Å²) in [7, 11) is 2.02. The Balaban J connectivity index is 1.38. The molecule has 0 saturated heterocycles. The average molecular weight is 506 g/mol. The second kappa shape index (κ2) is 10.1. The van der Waals surface area contributed by atoms with Crippen molar-refractivity contribution >= 4 is 23.9 Å². The van der Waals surface area contributed by atoms with Crippen LogP contribution in [0, 0.1) is 5.92 Å². The lowest BCUT2D eigenvalue weighted by atomic mass is 9.82. The highest BCUT2D eigenvalue weighted by atomic mass is 16.4. The lowest BCUT2D eigenvalue weighted by molar-refractivity contribution is -0.131. The minimum atomic E-state index is -0.935. The smallest absolute Gasteiger partial charge is 0.328 e. The van der Waals surface area contributed by atoms with Crippen molar-refractivity contribution in [1.82, 2.24) is 5.01 Å². The standard InChI is InChI=1S/C33H35N3O2/c1-22-17-28-19-27(29-20-34-35(2)21-29)12-15-31(28)33(26-10-5-23(6-11-26)9-16-32(37)38)36(22)30-13-7-25(8-14-30)18-24-3-4-24/h5-16,19-20,22,24,29,33H,3-4,17-18,21H2,1-2H3,(H,37,38)/b16-9+. The maximum Gasteiger partial charge on any atom is 0.328 e. The maximum absolute atomic E-state index is 11.0. The number of hydrogen-bond donors (Lipinski definition) is 1. The number of carboxylic acid groups (broad SMARTS) is 1. The number of carbonyl (C=O) groups is 1. The van der Waals surface area contributed by atoms with Crippen molar-refractivity contribution < 1.29 is 9.90 Å². The number of hydrogen-bond acceptors (Lipinski definition) is 4. The summed E-state index contributed by atoms with van der Waals surface area (Å²) in [5.41, 5.74) is 8.84. The molecule has 5 heteroatoms. The van der Waals surface area contributed by atoms with Crippen LogP contribution >= 0.6 is 0 Å². The number of carboxylic acids is 1. The molecule has 1 N–H and O–H groups in total. The predicted molar refractivity (Wildman–Crippen MR) is 154 cm³/mol. The first kappa shape index (κ1) is 24.5. The number of likely N-dealkylation sites (N-methyl/N-ethyl adjacent to an activating group) is 1. The Hall–Kier alpha value is -3.86. The molecule has 38 heavy (non-hydrogen) atoms. The van der Waals surface area contributed by atoms with Gasteiger partial charge in [0.25, 0.3) is 0 Å². The molecule has 5 nitrogen and oxygen atoms in total. The molecule has 0 radical (unpaired) electrons. The van der Waals surface area contributed by atoms with Gasteiger partial charge in [-0.1, -0.05) is 54.6 Å². The van der Waals surface area contributed by atoms with Crippen LogP contribution in [0.15, 0.2) is 77.9 Å². The first-order chi connectivity index (χ1) is 18.4. The van der Waals surface area contributed by atoms with E-state index in [9.17, 15) is 4.79 Å². The summed E-state index contributed by atoms with van der Waals surface area (Å²) in [6.45, 7) is 3.25. The van der Waals surface area contributed by atoms with Crippen LogP contribution in [0.2, 0.25) is 0 Å². The fourth-order valence-electron chi connectivity index (χ4n) is 6.05. The van der Waals surface area contributed by atoms with Crippen LogP contribution in [0.1, 0.15) is 65.1 Å². The van der Waals surface area contributed by atoms with Gasteiger partial charge in [0.15, 0.2) is 0 Å². The Morgan fingerprint density at radius 2 is 1.76 bits per heavy atom. The van der Waals surface area contributed by atoms with Crippen molar-refractivity contribution in [1.29, 1.82) is 0 Å². The molecule has 0 spiro atoms. The van der Waals surface area contributed by atoms with E-state index in [0.29, 0.717) is 12.0 Å². The third-order valence-electron chi connectivity index (χ3n) is 8.19. The highest BCUT2D eigenvalue weighted by Gasteiger charge is 2.34. The molecule has 3 atom stereocenters. The van der Waals surface area contributed by atoms with Gasteiger partial charge in [-0.15, -0.1) is 0 Å². The number of fused-ring (bicyclic) bond motifs is 1. The zero-order valence-electron chi connectivity index (χ0n) is 22.1. The van der Waals surface area contributed by atoms with Gasteiger partial charge in [-0.3, -0.25) is 5.01 Å². The van der Waals surface area contributed by atoms with Gasteiger partial charge in [0.2, 0.25) is 0 Å². The minimum absolute atomic E-state index is 0.0782. The van der Waals surface area contributed by atoms with E-state index in [1.54, 1.807) is 6.08 Å². The molecule has 3 unspecified atom stereocenters.